The van der Waals surface area contributed by atoms with E-state index in [1.54, 1.807) is 6.07 Å². The first kappa shape index (κ1) is 16.1. The Hall–Kier alpha value is -2.27. The van der Waals surface area contributed by atoms with E-state index in [4.69, 9.17) is 9.52 Å². The number of aliphatic hydroxyl groups is 1. The number of nitrogens with zero attached hydrogens (tertiary/aromatic N) is 1. The molecule has 118 valence electrons. The Morgan fingerprint density at radius 2 is 2.00 bits per heavy atom. The van der Waals surface area contributed by atoms with Gasteiger partial charge in [0.05, 0.1) is 6.61 Å². The quantitative estimate of drug-likeness (QED) is 0.861. The van der Waals surface area contributed by atoms with Crippen LogP contribution < -0.4 is 10.2 Å². The molecule has 1 aromatic heterocycles. The fraction of sp³-hybridized carbons (Fsp3) is 0.353. The van der Waals surface area contributed by atoms with Crippen molar-refractivity contribution in [3.8, 4) is 0 Å². The Balaban J connectivity index is 2.05. The molecule has 0 atom stereocenters. The van der Waals surface area contributed by atoms with Crippen molar-refractivity contribution >= 4 is 17.3 Å². The molecule has 1 heterocycles. The van der Waals surface area contributed by atoms with Crippen LogP contribution in [-0.4, -0.2) is 31.2 Å². The fourth-order valence-corrected chi connectivity index (χ4v) is 2.25. The second kappa shape index (κ2) is 7.13. The number of aliphatic hydroxyl groups excluding tert-OH is 1. The summed E-state index contributed by atoms with van der Waals surface area (Å²) in [6, 6.07) is 9.22. The molecule has 0 fully saturated rings. The smallest absolute Gasteiger partial charge is 0.291 e. The van der Waals surface area contributed by atoms with Crippen LogP contribution in [0.2, 0.25) is 0 Å². The van der Waals surface area contributed by atoms with Crippen molar-refractivity contribution in [3.05, 3.63) is 47.4 Å². The number of amides is 1. The second-order valence-corrected chi connectivity index (χ2v) is 5.22. The number of benzene rings is 1. The van der Waals surface area contributed by atoms with Gasteiger partial charge in [-0.2, -0.15) is 0 Å². The van der Waals surface area contributed by atoms with Crippen molar-refractivity contribution in [2.75, 3.05) is 30.4 Å². The number of rotatable bonds is 6. The SMILES string of the molecule is CCc1oc(C(=O)Nc2ccc(N(C)CCO)cc2)cc1C. The van der Waals surface area contributed by atoms with Crippen LogP contribution >= 0.6 is 0 Å². The Labute approximate surface area is 130 Å². The molecule has 5 heteroatoms. The molecule has 5 nitrogen and oxygen atoms in total. The lowest BCUT2D eigenvalue weighted by Crippen LogP contribution is -2.21. The highest BCUT2D eigenvalue weighted by atomic mass is 16.4. The number of nitrogens with one attached hydrogen (secondary N) is 1. The van der Waals surface area contributed by atoms with E-state index >= 15 is 0 Å². The van der Waals surface area contributed by atoms with E-state index in [-0.39, 0.29) is 12.5 Å². The Morgan fingerprint density at radius 1 is 1.32 bits per heavy atom. The van der Waals surface area contributed by atoms with Gasteiger partial charge < -0.3 is 19.7 Å². The van der Waals surface area contributed by atoms with Gasteiger partial charge in [-0.05, 0) is 42.8 Å². The summed E-state index contributed by atoms with van der Waals surface area (Å²) in [4.78, 5) is 14.1. The van der Waals surface area contributed by atoms with Gasteiger partial charge in [-0.3, -0.25) is 4.79 Å². The van der Waals surface area contributed by atoms with Gasteiger partial charge in [-0.15, -0.1) is 0 Å². The molecule has 0 radical (unpaired) electrons. The van der Waals surface area contributed by atoms with Crippen LogP contribution in [0.5, 0.6) is 0 Å². The molecule has 0 spiro atoms. The number of carbonyl (C=O) groups is 1. The third-order valence-corrected chi connectivity index (χ3v) is 3.57. The number of anilines is 2. The Kier molecular flexibility index (Phi) is 5.22. The molecule has 1 aromatic carbocycles. The number of likely N-dealkylation sites (N-methyl/N-ethyl adjacent to an activating group) is 1. The highest BCUT2D eigenvalue weighted by molar-refractivity contribution is 6.02. The molecule has 1 amide bonds. The number of aryl methyl sites for hydroxylation is 2. The zero-order chi connectivity index (χ0) is 16.1. The summed E-state index contributed by atoms with van der Waals surface area (Å²) < 4.78 is 5.54. The third kappa shape index (κ3) is 3.68. The Morgan fingerprint density at radius 3 is 2.55 bits per heavy atom. The maximum atomic E-state index is 12.2. The summed E-state index contributed by atoms with van der Waals surface area (Å²) in [5.74, 6) is 0.918. The summed E-state index contributed by atoms with van der Waals surface area (Å²) in [5.41, 5.74) is 2.68. The summed E-state index contributed by atoms with van der Waals surface area (Å²) in [5, 5.41) is 11.8. The first-order valence-corrected chi connectivity index (χ1v) is 7.38. The molecular weight excluding hydrogens is 280 g/mol. The molecule has 0 bridgehead atoms. The first-order valence-electron chi connectivity index (χ1n) is 7.38. The number of furan rings is 1. The topological polar surface area (TPSA) is 65.7 Å². The minimum absolute atomic E-state index is 0.104. The number of hydrogen-bond acceptors (Lipinski definition) is 4. The maximum absolute atomic E-state index is 12.2. The van der Waals surface area contributed by atoms with Gasteiger partial charge in [0.15, 0.2) is 5.76 Å². The van der Waals surface area contributed by atoms with Crippen LogP contribution in [-0.2, 0) is 6.42 Å². The molecule has 0 unspecified atom stereocenters. The minimum atomic E-state index is -0.251. The van der Waals surface area contributed by atoms with E-state index in [0.29, 0.717) is 18.0 Å². The molecule has 0 aliphatic rings. The normalized spacial score (nSPS) is 10.5. The summed E-state index contributed by atoms with van der Waals surface area (Å²) in [7, 11) is 1.90. The zero-order valence-electron chi connectivity index (χ0n) is 13.2. The van der Waals surface area contributed by atoms with Gasteiger partial charge in [-0.25, -0.2) is 0 Å². The molecule has 0 saturated carbocycles. The average molecular weight is 302 g/mol. The van der Waals surface area contributed by atoms with E-state index in [2.05, 4.69) is 5.32 Å². The molecule has 0 saturated heterocycles. The predicted molar refractivity (Wildman–Crippen MR) is 87.6 cm³/mol. The van der Waals surface area contributed by atoms with Gasteiger partial charge in [0.2, 0.25) is 0 Å². The van der Waals surface area contributed by atoms with E-state index in [1.165, 1.54) is 0 Å². The van der Waals surface area contributed by atoms with Crippen molar-refractivity contribution in [2.45, 2.75) is 20.3 Å². The highest BCUT2D eigenvalue weighted by Crippen LogP contribution is 2.19. The summed E-state index contributed by atoms with van der Waals surface area (Å²) in [6.07, 6.45) is 0.769. The van der Waals surface area contributed by atoms with Crippen LogP contribution in [0, 0.1) is 6.92 Å². The van der Waals surface area contributed by atoms with Crippen molar-refractivity contribution in [3.63, 3.8) is 0 Å². The Bertz CT molecular complexity index is 632. The number of hydrogen-bond donors (Lipinski definition) is 2. The highest BCUT2D eigenvalue weighted by Gasteiger charge is 2.13. The largest absolute Gasteiger partial charge is 0.456 e. The molecule has 0 aliphatic carbocycles. The van der Waals surface area contributed by atoms with Gasteiger partial charge in [0, 0.05) is 31.4 Å². The fourth-order valence-electron chi connectivity index (χ4n) is 2.25. The van der Waals surface area contributed by atoms with Crippen molar-refractivity contribution < 1.29 is 14.3 Å². The van der Waals surface area contributed by atoms with Crippen molar-refractivity contribution in [2.24, 2.45) is 0 Å². The summed E-state index contributed by atoms with van der Waals surface area (Å²) in [6.45, 7) is 4.60. The van der Waals surface area contributed by atoms with E-state index in [0.717, 1.165) is 23.4 Å². The van der Waals surface area contributed by atoms with Crippen molar-refractivity contribution in [1.29, 1.82) is 0 Å². The monoisotopic (exact) mass is 302 g/mol. The van der Waals surface area contributed by atoms with Gasteiger partial charge in [0.1, 0.15) is 5.76 Å². The summed E-state index contributed by atoms with van der Waals surface area (Å²) >= 11 is 0. The van der Waals surface area contributed by atoms with E-state index < -0.39 is 0 Å². The van der Waals surface area contributed by atoms with Crippen LogP contribution in [0.15, 0.2) is 34.7 Å². The van der Waals surface area contributed by atoms with Gasteiger partial charge in [-0.1, -0.05) is 6.92 Å². The zero-order valence-corrected chi connectivity index (χ0v) is 13.2. The second-order valence-electron chi connectivity index (χ2n) is 5.22. The lowest BCUT2D eigenvalue weighted by Gasteiger charge is -2.18. The minimum Gasteiger partial charge on any atom is -0.456 e. The molecule has 22 heavy (non-hydrogen) atoms. The first-order chi connectivity index (χ1) is 10.5. The van der Waals surface area contributed by atoms with Crippen LogP contribution in [0.3, 0.4) is 0 Å². The van der Waals surface area contributed by atoms with Crippen LogP contribution in [0.25, 0.3) is 0 Å². The standard InChI is InChI=1S/C17H22N2O3/c1-4-15-12(2)11-16(22-15)17(21)18-13-5-7-14(8-6-13)19(3)9-10-20/h5-8,11,20H,4,9-10H2,1-3H3,(H,18,21). The number of carbonyl (C=O) groups excluding carboxylic acids is 1. The van der Waals surface area contributed by atoms with Gasteiger partial charge in [0.25, 0.3) is 5.91 Å². The van der Waals surface area contributed by atoms with E-state index in [9.17, 15) is 4.79 Å². The van der Waals surface area contributed by atoms with Crippen molar-refractivity contribution in [1.82, 2.24) is 0 Å². The molecule has 2 aromatic rings. The average Bonchev–Trinajstić information content (AvgIpc) is 2.89. The predicted octanol–water partition coefficient (Wildman–Crippen LogP) is 2.83. The molecular formula is C17H22N2O3. The van der Waals surface area contributed by atoms with E-state index in [1.807, 2.05) is 50.1 Å². The molecule has 2 rings (SSSR count). The lowest BCUT2D eigenvalue weighted by atomic mass is 10.2. The van der Waals surface area contributed by atoms with Crippen LogP contribution in [0.1, 0.15) is 28.8 Å². The lowest BCUT2D eigenvalue weighted by molar-refractivity contribution is 0.0995. The molecule has 0 aliphatic heterocycles. The van der Waals surface area contributed by atoms with Gasteiger partial charge >= 0.3 is 0 Å². The maximum Gasteiger partial charge on any atom is 0.291 e. The third-order valence-electron chi connectivity index (χ3n) is 3.57. The molecule has 2 N–H and O–H groups in total. The van der Waals surface area contributed by atoms with Crippen LogP contribution in [0.4, 0.5) is 11.4 Å².